The van der Waals surface area contributed by atoms with Crippen LogP contribution >= 0.6 is 11.8 Å². The van der Waals surface area contributed by atoms with Crippen LogP contribution in [0.1, 0.15) is 27.7 Å². The lowest BCUT2D eigenvalue weighted by atomic mass is 9.94. The Bertz CT molecular complexity index is 239. The molecule has 2 nitrogen and oxygen atoms in total. The van der Waals surface area contributed by atoms with E-state index in [4.69, 9.17) is 0 Å². The van der Waals surface area contributed by atoms with Crippen LogP contribution in [-0.2, 0) is 4.79 Å². The molecular formula is C9H15NOS. The van der Waals surface area contributed by atoms with Gasteiger partial charge in [-0.3, -0.25) is 4.79 Å². The number of carbonyl (C=O) groups is 1. The molecule has 3 atom stereocenters. The van der Waals surface area contributed by atoms with E-state index in [2.05, 4.69) is 20.8 Å². The van der Waals surface area contributed by atoms with E-state index in [0.717, 1.165) is 0 Å². The summed E-state index contributed by atoms with van der Waals surface area (Å²) in [6.07, 6.45) is 0. The summed E-state index contributed by atoms with van der Waals surface area (Å²) in [6.45, 7) is 8.63. The highest BCUT2D eigenvalue weighted by atomic mass is 32.2. The fourth-order valence-electron chi connectivity index (χ4n) is 1.96. The Balaban J connectivity index is 2.24. The third-order valence-electron chi connectivity index (χ3n) is 3.19. The van der Waals surface area contributed by atoms with Crippen molar-refractivity contribution in [2.75, 3.05) is 0 Å². The molecule has 0 radical (unpaired) electrons. The van der Waals surface area contributed by atoms with E-state index in [1.807, 2.05) is 23.6 Å². The van der Waals surface area contributed by atoms with E-state index in [0.29, 0.717) is 17.3 Å². The van der Waals surface area contributed by atoms with Gasteiger partial charge in [0.2, 0.25) is 5.91 Å². The van der Waals surface area contributed by atoms with Crippen molar-refractivity contribution >= 4 is 17.7 Å². The van der Waals surface area contributed by atoms with Crippen molar-refractivity contribution in [3.8, 4) is 0 Å². The summed E-state index contributed by atoms with van der Waals surface area (Å²) in [7, 11) is 0. The number of fused-ring (bicyclic) bond motifs is 1. The minimum absolute atomic E-state index is 0.241. The van der Waals surface area contributed by atoms with Crippen LogP contribution < -0.4 is 0 Å². The van der Waals surface area contributed by atoms with Crippen LogP contribution in [0.4, 0.5) is 0 Å². The maximum Gasteiger partial charge on any atom is 0.229 e. The van der Waals surface area contributed by atoms with E-state index >= 15 is 0 Å². The second-order valence-electron chi connectivity index (χ2n) is 4.32. The Morgan fingerprint density at radius 3 is 2.50 bits per heavy atom. The van der Waals surface area contributed by atoms with Gasteiger partial charge in [-0.1, -0.05) is 6.92 Å². The van der Waals surface area contributed by atoms with Crippen LogP contribution in [-0.4, -0.2) is 27.0 Å². The molecule has 12 heavy (non-hydrogen) atoms. The molecule has 3 heteroatoms. The van der Waals surface area contributed by atoms with Crippen LogP contribution in [0.3, 0.4) is 0 Å². The number of hydrogen-bond acceptors (Lipinski definition) is 2. The highest BCUT2D eigenvalue weighted by molar-refractivity contribution is 8.01. The lowest BCUT2D eigenvalue weighted by molar-refractivity contribution is -0.151. The average Bonchev–Trinajstić information content (AvgIpc) is 2.21. The van der Waals surface area contributed by atoms with Gasteiger partial charge in [0.15, 0.2) is 0 Å². The quantitative estimate of drug-likeness (QED) is 0.535. The third kappa shape index (κ3) is 0.804. The first-order chi connectivity index (χ1) is 5.45. The molecular weight excluding hydrogens is 170 g/mol. The lowest BCUT2D eigenvalue weighted by Gasteiger charge is -2.42. The lowest BCUT2D eigenvalue weighted by Crippen LogP contribution is -2.58. The van der Waals surface area contributed by atoms with Gasteiger partial charge in [0.05, 0.1) is 11.3 Å². The van der Waals surface area contributed by atoms with Gasteiger partial charge in [-0.2, -0.15) is 0 Å². The molecule has 2 aliphatic heterocycles. The van der Waals surface area contributed by atoms with Crippen molar-refractivity contribution in [2.45, 2.75) is 43.9 Å². The van der Waals surface area contributed by atoms with Crippen molar-refractivity contribution in [1.29, 1.82) is 0 Å². The maximum absolute atomic E-state index is 11.5. The van der Waals surface area contributed by atoms with Crippen LogP contribution in [0.15, 0.2) is 0 Å². The monoisotopic (exact) mass is 185 g/mol. The van der Waals surface area contributed by atoms with Gasteiger partial charge >= 0.3 is 0 Å². The van der Waals surface area contributed by atoms with Crippen LogP contribution in [0.2, 0.25) is 0 Å². The molecule has 0 aliphatic carbocycles. The summed E-state index contributed by atoms with van der Waals surface area (Å²) >= 11 is 1.94. The average molecular weight is 185 g/mol. The predicted molar refractivity (Wildman–Crippen MR) is 50.9 cm³/mol. The van der Waals surface area contributed by atoms with Crippen molar-refractivity contribution in [3.63, 3.8) is 0 Å². The van der Waals surface area contributed by atoms with Crippen molar-refractivity contribution in [2.24, 2.45) is 5.92 Å². The molecule has 2 heterocycles. The molecule has 0 bridgehead atoms. The molecule has 1 amide bonds. The molecule has 0 aromatic rings. The highest BCUT2D eigenvalue weighted by Crippen LogP contribution is 2.52. The first kappa shape index (κ1) is 8.42. The highest BCUT2D eigenvalue weighted by Gasteiger charge is 2.57. The molecule has 2 fully saturated rings. The Morgan fingerprint density at radius 1 is 1.42 bits per heavy atom. The Kier molecular flexibility index (Phi) is 1.54. The first-order valence-electron chi connectivity index (χ1n) is 4.45. The number of amides is 1. The van der Waals surface area contributed by atoms with Gasteiger partial charge in [0, 0.05) is 10.8 Å². The summed E-state index contributed by atoms with van der Waals surface area (Å²) in [4.78, 5) is 13.5. The summed E-state index contributed by atoms with van der Waals surface area (Å²) in [6, 6.07) is 0.399. The van der Waals surface area contributed by atoms with Gasteiger partial charge in [0.25, 0.3) is 0 Å². The largest absolute Gasteiger partial charge is 0.325 e. The number of β-lactam (4-membered cyclic amide) rings is 1. The summed E-state index contributed by atoms with van der Waals surface area (Å²) < 4.78 is 0.241. The van der Waals surface area contributed by atoms with Crippen molar-refractivity contribution < 1.29 is 4.79 Å². The van der Waals surface area contributed by atoms with E-state index < -0.39 is 0 Å². The van der Waals surface area contributed by atoms with Gasteiger partial charge in [-0.15, -0.1) is 11.8 Å². The normalized spacial score (nSPS) is 44.2. The Labute approximate surface area is 77.7 Å². The smallest absolute Gasteiger partial charge is 0.229 e. The van der Waals surface area contributed by atoms with E-state index in [1.165, 1.54) is 0 Å². The molecule has 0 N–H and O–H groups in total. The van der Waals surface area contributed by atoms with E-state index in [9.17, 15) is 4.79 Å². The molecule has 2 saturated heterocycles. The molecule has 0 spiro atoms. The summed E-state index contributed by atoms with van der Waals surface area (Å²) in [5.74, 6) is 0.588. The first-order valence-corrected chi connectivity index (χ1v) is 5.33. The molecule has 0 aromatic heterocycles. The van der Waals surface area contributed by atoms with Gasteiger partial charge < -0.3 is 4.90 Å². The van der Waals surface area contributed by atoms with Crippen LogP contribution in [0, 0.1) is 5.92 Å². The zero-order valence-corrected chi connectivity index (χ0v) is 8.81. The molecule has 1 unspecified atom stereocenters. The van der Waals surface area contributed by atoms with Crippen LogP contribution in [0.25, 0.3) is 0 Å². The third-order valence-corrected chi connectivity index (χ3v) is 5.02. The zero-order valence-electron chi connectivity index (χ0n) is 8.00. The Morgan fingerprint density at radius 2 is 2.00 bits per heavy atom. The predicted octanol–water partition coefficient (Wildman–Crippen LogP) is 1.70. The van der Waals surface area contributed by atoms with E-state index in [-0.39, 0.29) is 10.7 Å². The minimum atomic E-state index is 0.241. The maximum atomic E-state index is 11.5. The van der Waals surface area contributed by atoms with Gasteiger partial charge in [0.1, 0.15) is 0 Å². The van der Waals surface area contributed by atoms with E-state index in [1.54, 1.807) is 0 Å². The number of hydrogen-bond donors (Lipinski definition) is 0. The molecule has 0 saturated carbocycles. The number of carbonyl (C=O) groups excluding carboxylic acids is 1. The minimum Gasteiger partial charge on any atom is -0.325 e. The fraction of sp³-hybridized carbons (Fsp3) is 0.889. The van der Waals surface area contributed by atoms with Crippen molar-refractivity contribution in [1.82, 2.24) is 4.90 Å². The molecule has 2 rings (SSSR count). The van der Waals surface area contributed by atoms with Crippen LogP contribution in [0.5, 0.6) is 0 Å². The van der Waals surface area contributed by atoms with Gasteiger partial charge in [-0.25, -0.2) is 0 Å². The number of rotatable bonds is 0. The number of nitrogens with zero attached hydrogens (tertiary/aromatic N) is 1. The Hall–Kier alpha value is -0.180. The topological polar surface area (TPSA) is 20.3 Å². The van der Waals surface area contributed by atoms with Gasteiger partial charge in [-0.05, 0) is 20.8 Å². The zero-order chi connectivity index (χ0) is 9.09. The summed E-state index contributed by atoms with van der Waals surface area (Å²) in [5, 5.41) is 0.461. The molecule has 0 aromatic carbocycles. The summed E-state index contributed by atoms with van der Waals surface area (Å²) in [5.41, 5.74) is 0. The molecule has 2 aliphatic rings. The number of thioether (sulfide) groups is 1. The second kappa shape index (κ2) is 2.19. The fourth-order valence-corrected chi connectivity index (χ4v) is 3.61. The van der Waals surface area contributed by atoms with Crippen molar-refractivity contribution in [3.05, 3.63) is 0 Å². The second-order valence-corrected chi connectivity index (χ2v) is 6.09. The molecule has 68 valence electrons. The standard InChI is InChI=1S/C9H15NOS/c1-5-7(11)10-6(2)9(3,4)12-8(5)10/h5-6,8H,1-4H3/t5-,6+,8?/m1/s1. The SMILES string of the molecule is C[C@@H]1C(=O)N2C1SC(C)(C)[C@@H]2C.